The van der Waals surface area contributed by atoms with Gasteiger partial charge in [0.2, 0.25) is 0 Å². The highest BCUT2D eigenvalue weighted by molar-refractivity contribution is 7.80. The Balaban J connectivity index is 2.21. The average Bonchev–Trinajstić information content (AvgIpc) is 2.26. The third-order valence-corrected chi connectivity index (χ3v) is 3.83. The molecule has 1 atom stereocenters. The zero-order valence-electron chi connectivity index (χ0n) is 9.15. The first-order valence-electron chi connectivity index (χ1n) is 5.74. The van der Waals surface area contributed by atoms with Crippen molar-refractivity contribution in [2.75, 3.05) is 32.0 Å². The van der Waals surface area contributed by atoms with Crippen molar-refractivity contribution in [3.63, 3.8) is 0 Å². The maximum atomic E-state index is 9.02. The monoisotopic (exact) mass is 217 g/mol. The van der Waals surface area contributed by atoms with Crippen molar-refractivity contribution in [2.24, 2.45) is 11.8 Å². The molecule has 1 unspecified atom stereocenters. The van der Waals surface area contributed by atoms with E-state index in [1.807, 2.05) is 0 Å². The summed E-state index contributed by atoms with van der Waals surface area (Å²) in [5.41, 5.74) is 0. The molecule has 0 radical (unpaired) electrons. The lowest BCUT2D eigenvalue weighted by molar-refractivity contribution is 0.121. The van der Waals surface area contributed by atoms with Crippen LogP contribution in [0.15, 0.2) is 0 Å². The number of thiol groups is 1. The lowest BCUT2D eigenvalue weighted by Gasteiger charge is -2.33. The van der Waals surface area contributed by atoms with Crippen molar-refractivity contribution in [1.82, 2.24) is 4.90 Å². The number of rotatable bonds is 5. The van der Waals surface area contributed by atoms with Crippen LogP contribution in [0.4, 0.5) is 0 Å². The molecule has 0 aromatic carbocycles. The highest BCUT2D eigenvalue weighted by atomic mass is 32.1. The second kappa shape index (κ2) is 6.70. The van der Waals surface area contributed by atoms with E-state index in [-0.39, 0.29) is 0 Å². The predicted octanol–water partition coefficient (Wildman–Crippen LogP) is 1.65. The Morgan fingerprint density at radius 1 is 1.43 bits per heavy atom. The van der Waals surface area contributed by atoms with Gasteiger partial charge in [0, 0.05) is 13.2 Å². The molecule has 14 heavy (non-hydrogen) atoms. The Labute approximate surface area is 93.1 Å². The highest BCUT2D eigenvalue weighted by Gasteiger charge is 2.19. The van der Waals surface area contributed by atoms with Crippen molar-refractivity contribution < 1.29 is 5.11 Å². The van der Waals surface area contributed by atoms with Gasteiger partial charge in [-0.2, -0.15) is 12.6 Å². The minimum absolute atomic E-state index is 0.373. The van der Waals surface area contributed by atoms with Crippen molar-refractivity contribution in [3.05, 3.63) is 0 Å². The van der Waals surface area contributed by atoms with Gasteiger partial charge in [0.15, 0.2) is 0 Å². The maximum absolute atomic E-state index is 9.02. The van der Waals surface area contributed by atoms with E-state index in [0.29, 0.717) is 12.5 Å². The van der Waals surface area contributed by atoms with Crippen LogP contribution in [0.2, 0.25) is 0 Å². The SMILES string of the molecule is CCC(CS)CN1CCC(CO)CC1. The molecule has 0 aliphatic carbocycles. The Kier molecular flexibility index (Phi) is 5.90. The number of likely N-dealkylation sites (tertiary alicyclic amines) is 1. The summed E-state index contributed by atoms with van der Waals surface area (Å²) in [6, 6.07) is 0. The fourth-order valence-corrected chi connectivity index (χ4v) is 2.41. The number of nitrogens with zero attached hydrogens (tertiary/aromatic N) is 1. The molecule has 0 amide bonds. The summed E-state index contributed by atoms with van der Waals surface area (Å²) >= 11 is 4.36. The molecule has 1 aliphatic rings. The summed E-state index contributed by atoms with van der Waals surface area (Å²) < 4.78 is 0. The molecule has 1 N–H and O–H groups in total. The van der Waals surface area contributed by atoms with Gasteiger partial charge in [-0.3, -0.25) is 0 Å². The van der Waals surface area contributed by atoms with Gasteiger partial charge < -0.3 is 10.0 Å². The summed E-state index contributed by atoms with van der Waals surface area (Å²) in [5.74, 6) is 2.29. The van der Waals surface area contributed by atoms with E-state index >= 15 is 0 Å². The zero-order chi connectivity index (χ0) is 10.4. The third-order valence-electron chi connectivity index (χ3n) is 3.32. The fourth-order valence-electron chi connectivity index (χ4n) is 2.03. The standard InChI is InChI=1S/C11H23NOS/c1-2-10(9-14)7-12-5-3-11(8-13)4-6-12/h10-11,13-14H,2-9H2,1H3. The summed E-state index contributed by atoms with van der Waals surface area (Å²) in [5, 5.41) is 9.02. The third kappa shape index (κ3) is 3.79. The molecule has 1 rings (SSSR count). The Morgan fingerprint density at radius 3 is 2.50 bits per heavy atom. The van der Waals surface area contributed by atoms with Crippen LogP contribution in [0, 0.1) is 11.8 Å². The molecular formula is C11H23NOS. The van der Waals surface area contributed by atoms with E-state index < -0.39 is 0 Å². The van der Waals surface area contributed by atoms with Crippen LogP contribution >= 0.6 is 12.6 Å². The molecule has 0 saturated carbocycles. The van der Waals surface area contributed by atoms with Gasteiger partial charge in [0.05, 0.1) is 0 Å². The van der Waals surface area contributed by atoms with Gasteiger partial charge in [-0.15, -0.1) is 0 Å². The highest BCUT2D eigenvalue weighted by Crippen LogP contribution is 2.18. The fraction of sp³-hybridized carbons (Fsp3) is 1.00. The summed E-state index contributed by atoms with van der Waals surface area (Å²) in [7, 11) is 0. The lowest BCUT2D eigenvalue weighted by atomic mass is 9.97. The van der Waals surface area contributed by atoms with E-state index in [9.17, 15) is 0 Å². The van der Waals surface area contributed by atoms with Crippen molar-refractivity contribution >= 4 is 12.6 Å². The summed E-state index contributed by atoms with van der Waals surface area (Å²) in [6.07, 6.45) is 3.56. The molecule has 1 saturated heterocycles. The largest absolute Gasteiger partial charge is 0.396 e. The second-order valence-corrected chi connectivity index (χ2v) is 4.75. The van der Waals surface area contributed by atoms with Crippen molar-refractivity contribution in [3.8, 4) is 0 Å². The molecule has 0 bridgehead atoms. The maximum Gasteiger partial charge on any atom is 0.0460 e. The van der Waals surface area contributed by atoms with Crippen LogP contribution in [0.3, 0.4) is 0 Å². The van der Waals surface area contributed by atoms with Crippen LogP contribution in [0.5, 0.6) is 0 Å². The molecule has 0 spiro atoms. The number of hydrogen-bond acceptors (Lipinski definition) is 3. The molecule has 84 valence electrons. The average molecular weight is 217 g/mol. The van der Waals surface area contributed by atoms with Crippen LogP contribution in [-0.2, 0) is 0 Å². The van der Waals surface area contributed by atoms with Gasteiger partial charge in [-0.25, -0.2) is 0 Å². The Morgan fingerprint density at radius 2 is 2.07 bits per heavy atom. The van der Waals surface area contributed by atoms with E-state index in [2.05, 4.69) is 24.5 Å². The minimum atomic E-state index is 0.373. The molecule has 3 heteroatoms. The first kappa shape index (κ1) is 12.3. The van der Waals surface area contributed by atoms with Gasteiger partial charge in [0.25, 0.3) is 0 Å². The van der Waals surface area contributed by atoms with Gasteiger partial charge >= 0.3 is 0 Å². The summed E-state index contributed by atoms with van der Waals surface area (Å²) in [4.78, 5) is 2.52. The smallest absolute Gasteiger partial charge is 0.0460 e. The van der Waals surface area contributed by atoms with Gasteiger partial charge in [0.1, 0.15) is 0 Å². The molecule has 0 aromatic rings. The van der Waals surface area contributed by atoms with Gasteiger partial charge in [-0.1, -0.05) is 13.3 Å². The molecule has 1 aliphatic heterocycles. The quantitative estimate of drug-likeness (QED) is 0.684. The molecule has 0 aromatic heterocycles. The zero-order valence-corrected chi connectivity index (χ0v) is 10.0. The van der Waals surface area contributed by atoms with Crippen LogP contribution in [0.1, 0.15) is 26.2 Å². The van der Waals surface area contributed by atoms with Crippen LogP contribution in [-0.4, -0.2) is 42.0 Å². The van der Waals surface area contributed by atoms with E-state index in [1.165, 1.54) is 25.8 Å². The van der Waals surface area contributed by atoms with Crippen LogP contribution < -0.4 is 0 Å². The van der Waals surface area contributed by atoms with E-state index in [0.717, 1.165) is 24.8 Å². The Hall–Kier alpha value is 0.270. The summed E-state index contributed by atoms with van der Waals surface area (Å²) in [6.45, 7) is 6.13. The van der Waals surface area contributed by atoms with Gasteiger partial charge in [-0.05, 0) is 43.5 Å². The number of piperidine rings is 1. The predicted molar refractivity (Wildman–Crippen MR) is 63.9 cm³/mol. The Bertz CT molecular complexity index is 142. The number of aliphatic hydroxyl groups excluding tert-OH is 1. The molecule has 2 nitrogen and oxygen atoms in total. The second-order valence-electron chi connectivity index (χ2n) is 4.38. The minimum Gasteiger partial charge on any atom is -0.396 e. The van der Waals surface area contributed by atoms with Crippen molar-refractivity contribution in [1.29, 1.82) is 0 Å². The molecular weight excluding hydrogens is 194 g/mol. The first-order valence-corrected chi connectivity index (χ1v) is 6.37. The molecule has 1 heterocycles. The number of aliphatic hydroxyl groups is 1. The lowest BCUT2D eigenvalue weighted by Crippen LogP contribution is -2.38. The normalized spacial score (nSPS) is 22.5. The van der Waals surface area contributed by atoms with Crippen LogP contribution in [0.25, 0.3) is 0 Å². The molecule has 1 fully saturated rings. The number of hydrogen-bond donors (Lipinski definition) is 2. The van der Waals surface area contributed by atoms with E-state index in [4.69, 9.17) is 5.11 Å². The van der Waals surface area contributed by atoms with Crippen molar-refractivity contribution in [2.45, 2.75) is 26.2 Å². The first-order chi connectivity index (χ1) is 6.80. The van der Waals surface area contributed by atoms with E-state index in [1.54, 1.807) is 0 Å². The topological polar surface area (TPSA) is 23.5 Å².